The van der Waals surface area contributed by atoms with Crippen LogP contribution in [0.3, 0.4) is 0 Å². The summed E-state index contributed by atoms with van der Waals surface area (Å²) in [6, 6.07) is 2.69. The number of nitrogens with one attached hydrogen (secondary N) is 6. The number of carbonyl (C=O) groups excluding carboxylic acids is 7. The van der Waals surface area contributed by atoms with Gasteiger partial charge < -0.3 is 48.1 Å². The van der Waals surface area contributed by atoms with Gasteiger partial charge in [-0.2, -0.15) is 0 Å². The van der Waals surface area contributed by atoms with E-state index >= 15 is 0 Å². The predicted octanol–water partition coefficient (Wildman–Crippen LogP) is -0.367. The van der Waals surface area contributed by atoms with E-state index in [1.54, 1.807) is 6.07 Å². The van der Waals surface area contributed by atoms with E-state index in [1.165, 1.54) is 18.2 Å². The van der Waals surface area contributed by atoms with Crippen molar-refractivity contribution >= 4 is 59.0 Å². The van der Waals surface area contributed by atoms with E-state index in [4.69, 9.17) is 16.2 Å². The average molecular weight is 677 g/mol. The maximum absolute atomic E-state index is 13.0. The van der Waals surface area contributed by atoms with Crippen LogP contribution in [-0.4, -0.2) is 92.2 Å². The van der Waals surface area contributed by atoms with Crippen LogP contribution in [0.5, 0.6) is 0 Å². The topological polar surface area (TPSA) is 253 Å². The Morgan fingerprint density at radius 3 is 2.40 bits per heavy atom. The minimum absolute atomic E-state index is 0.0129. The molecule has 1 aromatic carbocycles. The molecule has 0 saturated carbocycles. The zero-order valence-electron chi connectivity index (χ0n) is 26.2. The van der Waals surface area contributed by atoms with Gasteiger partial charge in [0.05, 0.1) is 12.2 Å². The van der Waals surface area contributed by atoms with Crippen LogP contribution in [0, 0.1) is 0 Å². The molecular weight excluding hydrogens is 632 g/mol. The van der Waals surface area contributed by atoms with Crippen LogP contribution in [0.25, 0.3) is 0 Å². The lowest BCUT2D eigenvalue weighted by Crippen LogP contribution is -2.47. The predicted molar refractivity (Wildman–Crippen MR) is 175 cm³/mol. The highest BCUT2D eigenvalue weighted by Crippen LogP contribution is 2.29. The van der Waals surface area contributed by atoms with Gasteiger partial charge in [0.2, 0.25) is 29.5 Å². The van der Waals surface area contributed by atoms with Crippen molar-refractivity contribution in [2.75, 3.05) is 43.9 Å². The molecule has 3 rings (SSSR count). The van der Waals surface area contributed by atoms with E-state index in [0.717, 1.165) is 11.8 Å². The lowest BCUT2D eigenvalue weighted by Gasteiger charge is -2.19. The van der Waals surface area contributed by atoms with Crippen LogP contribution >= 0.6 is 11.8 Å². The fourth-order valence-corrected chi connectivity index (χ4v) is 5.28. The van der Waals surface area contributed by atoms with Gasteiger partial charge in [0.1, 0.15) is 18.7 Å². The van der Waals surface area contributed by atoms with Crippen molar-refractivity contribution in [2.45, 2.75) is 61.9 Å². The number of ether oxygens (including phenoxy) is 1. The number of anilines is 1. The molecule has 17 heteroatoms. The Labute approximate surface area is 277 Å². The van der Waals surface area contributed by atoms with Gasteiger partial charge in [-0.15, -0.1) is 11.8 Å². The largest absolute Gasteiger partial charge is 0.445 e. The molecule has 16 nitrogen and oxygen atoms in total. The number of hydrogen-bond acceptors (Lipinski definition) is 10. The zero-order chi connectivity index (χ0) is 34.6. The summed E-state index contributed by atoms with van der Waals surface area (Å²) in [6.45, 7) is 3.86. The number of thioether (sulfide) groups is 1. The summed E-state index contributed by atoms with van der Waals surface area (Å²) in [6.07, 6.45) is 2.73. The van der Waals surface area contributed by atoms with Crippen molar-refractivity contribution in [3.05, 3.63) is 36.4 Å². The van der Waals surface area contributed by atoms with E-state index in [1.807, 2.05) is 0 Å². The van der Waals surface area contributed by atoms with Crippen LogP contribution in [0.2, 0.25) is 0 Å². The molecule has 0 radical (unpaired) electrons. The molecule has 2 heterocycles. The number of rotatable bonds is 10. The SMILES string of the molecule is C=CCOC(=O)NCCCC[C@@H]1NC(=O)CCCNC(=O)c2ccc(c(NC(=O)CN)c2)SC[C@@H](C(N)=O)NC(=O)CCCNC1=O. The Kier molecular flexibility index (Phi) is 17.4. The first-order chi connectivity index (χ1) is 22.5. The second-order valence-corrected chi connectivity index (χ2v) is 11.5. The molecule has 0 spiro atoms. The van der Waals surface area contributed by atoms with E-state index < -0.39 is 53.6 Å². The number of amides is 7. The molecule has 0 fully saturated rings. The van der Waals surface area contributed by atoms with Crippen molar-refractivity contribution in [1.82, 2.24) is 26.6 Å². The normalized spacial score (nSPS) is 18.6. The van der Waals surface area contributed by atoms with Gasteiger partial charge in [0.25, 0.3) is 5.91 Å². The fraction of sp³-hybridized carbons (Fsp3) is 0.500. The van der Waals surface area contributed by atoms with E-state index in [9.17, 15) is 33.6 Å². The Bertz CT molecular complexity index is 1290. The van der Waals surface area contributed by atoms with Crippen molar-refractivity contribution in [1.29, 1.82) is 0 Å². The third-order valence-corrected chi connectivity index (χ3v) is 7.87. The number of benzene rings is 1. The highest BCUT2D eigenvalue weighted by molar-refractivity contribution is 7.99. The molecule has 0 aliphatic carbocycles. The minimum atomic E-state index is -1.04. The van der Waals surface area contributed by atoms with E-state index in [2.05, 4.69) is 38.5 Å². The summed E-state index contributed by atoms with van der Waals surface area (Å²) in [5.74, 6) is -2.95. The van der Waals surface area contributed by atoms with Gasteiger partial charge in [0.15, 0.2) is 0 Å². The Morgan fingerprint density at radius 2 is 1.72 bits per heavy atom. The second-order valence-electron chi connectivity index (χ2n) is 10.5. The molecule has 258 valence electrons. The molecule has 2 atom stereocenters. The van der Waals surface area contributed by atoms with Gasteiger partial charge in [-0.25, -0.2) is 4.79 Å². The van der Waals surface area contributed by atoms with Crippen LogP contribution in [0.1, 0.15) is 55.3 Å². The molecule has 2 aliphatic rings. The summed E-state index contributed by atoms with van der Waals surface area (Å²) in [4.78, 5) is 87.4. The first-order valence-electron chi connectivity index (χ1n) is 15.3. The smallest absolute Gasteiger partial charge is 0.407 e. The van der Waals surface area contributed by atoms with Gasteiger partial charge in [-0.05, 0) is 50.3 Å². The maximum atomic E-state index is 13.0. The van der Waals surface area contributed by atoms with Crippen molar-refractivity contribution in [2.24, 2.45) is 11.5 Å². The van der Waals surface area contributed by atoms with Crippen molar-refractivity contribution < 1.29 is 38.3 Å². The molecule has 47 heavy (non-hydrogen) atoms. The average Bonchev–Trinajstić information content (AvgIpc) is 3.04. The van der Waals surface area contributed by atoms with Gasteiger partial charge in [-0.3, -0.25) is 28.8 Å². The summed E-state index contributed by atoms with van der Waals surface area (Å²) in [5.41, 5.74) is 11.5. The molecule has 10 N–H and O–H groups in total. The van der Waals surface area contributed by atoms with Crippen LogP contribution < -0.4 is 43.4 Å². The molecule has 7 amide bonds. The van der Waals surface area contributed by atoms with Crippen LogP contribution in [0.4, 0.5) is 10.5 Å². The zero-order valence-corrected chi connectivity index (χ0v) is 27.0. The molecule has 0 unspecified atom stereocenters. The number of unbranched alkanes of at least 4 members (excludes halogenated alkanes) is 1. The third kappa shape index (κ3) is 15.0. The van der Waals surface area contributed by atoms with Gasteiger partial charge >= 0.3 is 6.09 Å². The first-order valence-corrected chi connectivity index (χ1v) is 16.2. The molecule has 1 aromatic rings. The first kappa shape index (κ1) is 38.5. The summed E-state index contributed by atoms with van der Waals surface area (Å²) in [5, 5.41) is 16.0. The number of hydrogen-bond donors (Lipinski definition) is 8. The monoisotopic (exact) mass is 676 g/mol. The van der Waals surface area contributed by atoms with Crippen molar-refractivity contribution in [3.8, 4) is 0 Å². The Hall–Kier alpha value is -4.64. The summed E-state index contributed by atoms with van der Waals surface area (Å²) >= 11 is 1.14. The van der Waals surface area contributed by atoms with E-state index in [-0.39, 0.29) is 69.7 Å². The molecule has 0 saturated heterocycles. The number of alkyl carbamates (subject to hydrolysis) is 1. The molecule has 2 aliphatic heterocycles. The van der Waals surface area contributed by atoms with Gasteiger partial charge in [0, 0.05) is 48.7 Å². The van der Waals surface area contributed by atoms with Crippen LogP contribution in [0.15, 0.2) is 35.7 Å². The van der Waals surface area contributed by atoms with Crippen LogP contribution in [-0.2, 0) is 28.7 Å². The molecular formula is C30H44N8O8S. The minimum Gasteiger partial charge on any atom is -0.445 e. The number of fused-ring (bicyclic) bond motifs is 19. The summed E-state index contributed by atoms with van der Waals surface area (Å²) in [7, 11) is 0. The highest BCUT2D eigenvalue weighted by Gasteiger charge is 2.22. The van der Waals surface area contributed by atoms with Crippen molar-refractivity contribution in [3.63, 3.8) is 0 Å². The number of carbonyl (C=O) groups is 7. The highest BCUT2D eigenvalue weighted by atomic mass is 32.2. The summed E-state index contributed by atoms with van der Waals surface area (Å²) < 4.78 is 4.85. The second kappa shape index (κ2) is 21.2. The van der Waals surface area contributed by atoms with E-state index in [0.29, 0.717) is 30.0 Å². The fourth-order valence-electron chi connectivity index (χ4n) is 4.25. The van der Waals surface area contributed by atoms with Gasteiger partial charge in [-0.1, -0.05) is 12.7 Å². The quantitative estimate of drug-likeness (QED) is 0.118. The lowest BCUT2D eigenvalue weighted by molar-refractivity contribution is -0.129. The lowest BCUT2D eigenvalue weighted by atomic mass is 10.1. The maximum Gasteiger partial charge on any atom is 0.407 e. The molecule has 0 aromatic heterocycles. The Morgan fingerprint density at radius 1 is 1.02 bits per heavy atom. The molecule has 2 bridgehead atoms. The third-order valence-electron chi connectivity index (χ3n) is 6.70. The Balaban J connectivity index is 2.13. The number of nitrogens with two attached hydrogens (primary N) is 2. The number of primary amides is 1. The standard InChI is InChI=1S/C30H44N8O8S/c1-2-15-46-30(45)35-12-4-3-7-20-29(44)34-14-6-9-25(40)38-22(27(32)42)18-47-23-11-10-19(16-21(23)37-26(41)17-31)28(43)33-13-5-8-24(39)36-20/h2,10-11,16,20,22H,1,3-9,12-15,17-18,31H2,(H2,32,42)(H,33,43)(H,34,44)(H,35,45)(H,36,39)(H,37,41)(H,38,40)/t20-,22-/m0/s1.